The highest BCUT2D eigenvalue weighted by Gasteiger charge is 2.21. The summed E-state index contributed by atoms with van der Waals surface area (Å²) in [5.74, 6) is -1.99. The highest BCUT2D eigenvalue weighted by atomic mass is 16.4. The molecule has 178 valence electrons. The van der Waals surface area contributed by atoms with Crippen LogP contribution in [0.5, 0.6) is 0 Å². The summed E-state index contributed by atoms with van der Waals surface area (Å²) in [4.78, 5) is 62.0. The van der Waals surface area contributed by atoms with Crippen LogP contribution in [0, 0.1) is 0 Å². The Morgan fingerprint density at radius 2 is 1.85 bits per heavy atom. The molecule has 2 aromatic heterocycles. The van der Waals surface area contributed by atoms with E-state index in [-0.39, 0.29) is 60.8 Å². The summed E-state index contributed by atoms with van der Waals surface area (Å²) in [6.07, 6.45) is 1.64. The predicted octanol–water partition coefficient (Wildman–Crippen LogP) is -0.211. The summed E-state index contributed by atoms with van der Waals surface area (Å²) in [7, 11) is 0. The zero-order valence-electron chi connectivity index (χ0n) is 18.1. The molecule has 0 bridgehead atoms. The predicted molar refractivity (Wildman–Crippen MR) is 123 cm³/mol. The lowest BCUT2D eigenvalue weighted by molar-refractivity contribution is -0.139. The number of Topliss-reactive ketones (excluding diaryl/α,β-unsaturated/α-hetero) is 1. The van der Waals surface area contributed by atoms with Crippen molar-refractivity contribution < 1.29 is 19.5 Å². The summed E-state index contributed by atoms with van der Waals surface area (Å²) in [6, 6.07) is 5.14. The number of carboxylic acid groups (broad SMARTS) is 1. The van der Waals surface area contributed by atoms with Crippen LogP contribution in [0.25, 0.3) is 11.2 Å². The van der Waals surface area contributed by atoms with Gasteiger partial charge in [0, 0.05) is 24.1 Å². The van der Waals surface area contributed by atoms with E-state index in [1.54, 1.807) is 12.1 Å². The molecule has 0 fully saturated rings. The molecule has 1 atom stereocenters. The van der Waals surface area contributed by atoms with Crippen molar-refractivity contribution >= 4 is 40.5 Å². The second-order valence-electron chi connectivity index (χ2n) is 7.40. The number of nitrogens with two attached hydrogens (primary N) is 2. The minimum absolute atomic E-state index is 0.0166. The van der Waals surface area contributed by atoms with E-state index in [1.807, 2.05) is 0 Å². The number of rotatable bonds is 11. The van der Waals surface area contributed by atoms with E-state index in [0.717, 1.165) is 0 Å². The molecule has 0 saturated carbocycles. The van der Waals surface area contributed by atoms with Crippen LogP contribution >= 0.6 is 0 Å². The molecule has 0 aliphatic carbocycles. The summed E-state index contributed by atoms with van der Waals surface area (Å²) < 4.78 is 0. The summed E-state index contributed by atoms with van der Waals surface area (Å²) in [6.45, 7) is 0.442. The van der Waals surface area contributed by atoms with E-state index in [1.165, 1.54) is 18.3 Å². The Hall–Kier alpha value is -4.39. The largest absolute Gasteiger partial charge is 0.480 e. The Balaban J connectivity index is 1.59. The van der Waals surface area contributed by atoms with Gasteiger partial charge in [0.15, 0.2) is 11.2 Å². The fourth-order valence-electron chi connectivity index (χ4n) is 3.08. The molecule has 3 rings (SSSR count). The van der Waals surface area contributed by atoms with Gasteiger partial charge in [-0.1, -0.05) is 0 Å². The number of H-pyrrole nitrogens is 1. The number of nitrogens with one attached hydrogen (secondary N) is 3. The van der Waals surface area contributed by atoms with Gasteiger partial charge in [-0.2, -0.15) is 4.98 Å². The van der Waals surface area contributed by atoms with Crippen LogP contribution in [0.15, 0.2) is 35.3 Å². The molecular formula is C21H24N8O5. The van der Waals surface area contributed by atoms with Gasteiger partial charge in [-0.05, 0) is 37.2 Å². The minimum Gasteiger partial charge on any atom is -0.480 e. The summed E-state index contributed by atoms with van der Waals surface area (Å²) >= 11 is 0. The first-order chi connectivity index (χ1) is 16.3. The normalized spacial score (nSPS) is 11.7. The molecule has 3 aromatic rings. The summed E-state index contributed by atoms with van der Waals surface area (Å²) in [5, 5.41) is 14.8. The van der Waals surface area contributed by atoms with E-state index in [2.05, 4.69) is 30.6 Å². The van der Waals surface area contributed by atoms with Crippen molar-refractivity contribution in [3.63, 3.8) is 0 Å². The Kier molecular flexibility index (Phi) is 7.82. The van der Waals surface area contributed by atoms with Gasteiger partial charge >= 0.3 is 5.97 Å². The number of carbonyl (C=O) groups is 3. The highest BCUT2D eigenvalue weighted by Crippen LogP contribution is 2.12. The van der Waals surface area contributed by atoms with Crippen molar-refractivity contribution in [3.05, 3.63) is 52.1 Å². The molecule has 0 saturated heterocycles. The van der Waals surface area contributed by atoms with E-state index >= 15 is 0 Å². The van der Waals surface area contributed by atoms with Gasteiger partial charge in [0.2, 0.25) is 5.95 Å². The van der Waals surface area contributed by atoms with Crippen LogP contribution in [-0.4, -0.2) is 55.3 Å². The molecule has 34 heavy (non-hydrogen) atoms. The number of carbonyl (C=O) groups excluding carboxylic acids is 2. The van der Waals surface area contributed by atoms with E-state index in [9.17, 15) is 24.3 Å². The quantitative estimate of drug-likeness (QED) is 0.216. The number of carboxylic acids is 1. The molecule has 0 unspecified atom stereocenters. The lowest BCUT2D eigenvalue weighted by Crippen LogP contribution is -2.41. The monoisotopic (exact) mass is 468 g/mol. The molecular weight excluding hydrogens is 444 g/mol. The van der Waals surface area contributed by atoms with E-state index < -0.39 is 23.5 Å². The standard InChI is InChI=1S/C21H24N8O5/c22-8-7-14(30)5-6-15(20(33)34)27-18(31)11-1-3-12(4-2-11)24-9-13-10-25-17-16(26-13)19(32)29-21(23)28-17/h1-4,10,15,24H,5-9,22H2,(H,27,31)(H,33,34)(H3,23,25,28,29,32)/t15-/m0/s1. The number of benzene rings is 1. The fourth-order valence-corrected chi connectivity index (χ4v) is 3.08. The maximum atomic E-state index is 12.4. The van der Waals surface area contributed by atoms with Crippen molar-refractivity contribution in [2.24, 2.45) is 5.73 Å². The average molecular weight is 468 g/mol. The van der Waals surface area contributed by atoms with Crippen LogP contribution in [0.3, 0.4) is 0 Å². The van der Waals surface area contributed by atoms with Crippen LogP contribution in [-0.2, 0) is 16.1 Å². The second kappa shape index (κ2) is 11.0. The van der Waals surface area contributed by atoms with Gasteiger partial charge in [0.25, 0.3) is 11.5 Å². The first-order valence-electron chi connectivity index (χ1n) is 10.4. The Bertz CT molecular complexity index is 1260. The molecule has 2 heterocycles. The number of aromatic amines is 1. The van der Waals surface area contributed by atoms with Crippen LogP contribution < -0.4 is 27.7 Å². The van der Waals surface area contributed by atoms with Gasteiger partial charge in [0.05, 0.1) is 18.4 Å². The van der Waals surface area contributed by atoms with Gasteiger partial charge < -0.3 is 27.2 Å². The number of hydrogen-bond donors (Lipinski definition) is 6. The van der Waals surface area contributed by atoms with Gasteiger partial charge in [-0.3, -0.25) is 19.4 Å². The minimum atomic E-state index is -1.22. The fraction of sp³-hybridized carbons (Fsp3) is 0.286. The van der Waals surface area contributed by atoms with Crippen molar-refractivity contribution in [3.8, 4) is 0 Å². The third-order valence-corrected chi connectivity index (χ3v) is 4.85. The average Bonchev–Trinajstić information content (AvgIpc) is 2.80. The van der Waals surface area contributed by atoms with Crippen LogP contribution in [0.4, 0.5) is 11.6 Å². The first-order valence-corrected chi connectivity index (χ1v) is 10.4. The van der Waals surface area contributed by atoms with Crippen molar-refractivity contribution in [1.29, 1.82) is 0 Å². The lowest BCUT2D eigenvalue weighted by Gasteiger charge is -2.14. The maximum absolute atomic E-state index is 12.4. The molecule has 0 radical (unpaired) electrons. The first kappa shape index (κ1) is 24.3. The summed E-state index contributed by atoms with van der Waals surface area (Å²) in [5.41, 5.74) is 11.9. The number of hydrogen-bond acceptors (Lipinski definition) is 10. The number of anilines is 2. The molecule has 8 N–H and O–H groups in total. The Morgan fingerprint density at radius 1 is 1.12 bits per heavy atom. The van der Waals surface area contributed by atoms with E-state index in [0.29, 0.717) is 11.4 Å². The van der Waals surface area contributed by atoms with Crippen molar-refractivity contribution in [2.75, 3.05) is 17.6 Å². The number of amides is 1. The van der Waals surface area contributed by atoms with Crippen molar-refractivity contribution in [2.45, 2.75) is 31.8 Å². The lowest BCUT2D eigenvalue weighted by atomic mass is 10.1. The zero-order chi connectivity index (χ0) is 24.7. The van der Waals surface area contributed by atoms with Gasteiger partial charge in [0.1, 0.15) is 11.8 Å². The third kappa shape index (κ3) is 6.32. The smallest absolute Gasteiger partial charge is 0.326 e. The van der Waals surface area contributed by atoms with E-state index in [4.69, 9.17) is 11.5 Å². The highest BCUT2D eigenvalue weighted by molar-refractivity contribution is 5.97. The molecule has 13 nitrogen and oxygen atoms in total. The third-order valence-electron chi connectivity index (χ3n) is 4.85. The van der Waals surface area contributed by atoms with Gasteiger partial charge in [-0.15, -0.1) is 0 Å². The topological polar surface area (TPSA) is 219 Å². The van der Waals surface area contributed by atoms with Gasteiger partial charge in [-0.25, -0.2) is 14.8 Å². The molecule has 1 amide bonds. The van der Waals surface area contributed by atoms with Crippen LogP contribution in [0.1, 0.15) is 35.3 Å². The van der Waals surface area contributed by atoms with Crippen molar-refractivity contribution in [1.82, 2.24) is 25.3 Å². The number of nitrogen functional groups attached to an aromatic ring is 1. The molecule has 1 aromatic carbocycles. The zero-order valence-corrected chi connectivity index (χ0v) is 18.1. The molecule has 0 aliphatic rings. The SMILES string of the molecule is NCCC(=O)CC[C@H](NC(=O)c1ccc(NCc2cnc3nc(N)[nH]c(=O)c3n2)cc1)C(=O)O. The molecule has 13 heteroatoms. The second-order valence-corrected chi connectivity index (χ2v) is 7.40. The maximum Gasteiger partial charge on any atom is 0.326 e. The van der Waals surface area contributed by atoms with Crippen LogP contribution in [0.2, 0.25) is 0 Å². The number of aliphatic carboxylic acids is 1. The molecule has 0 spiro atoms. The number of aromatic nitrogens is 4. The number of nitrogens with zero attached hydrogens (tertiary/aromatic N) is 3. The number of fused-ring (bicyclic) bond motifs is 1. The molecule has 0 aliphatic heterocycles. The Morgan fingerprint density at radius 3 is 2.53 bits per heavy atom. The Labute approximate surface area is 193 Å². The number of ketones is 1.